The van der Waals surface area contributed by atoms with Crippen molar-refractivity contribution < 1.29 is 18.0 Å². The number of ketones is 1. The van der Waals surface area contributed by atoms with E-state index in [1.165, 1.54) is 0 Å². The van der Waals surface area contributed by atoms with Crippen molar-refractivity contribution in [1.82, 2.24) is 0 Å². The Morgan fingerprint density at radius 2 is 1.80 bits per heavy atom. The van der Waals surface area contributed by atoms with E-state index >= 15 is 0 Å². The minimum absolute atomic E-state index is 0.526. The molecule has 0 radical (unpaired) electrons. The molecule has 0 heterocycles. The number of hydrogen-bond acceptors (Lipinski definition) is 2. The highest BCUT2D eigenvalue weighted by atomic mass is 79.9. The first-order chi connectivity index (χ1) is 6.91. The molecule has 0 aromatic heterocycles. The summed E-state index contributed by atoms with van der Waals surface area (Å²) in [4.78, 5) is 11.1. The monoisotopic (exact) mass is 301 g/mol. The minimum atomic E-state index is -1.60. The fraction of sp³-hybridized carbons (Fsp3) is 0.125. The van der Waals surface area contributed by atoms with E-state index in [-0.39, 0.29) is 0 Å². The first-order valence-corrected chi connectivity index (χ1v) is 4.83. The van der Waals surface area contributed by atoms with E-state index in [2.05, 4.69) is 15.9 Å². The lowest BCUT2D eigenvalue weighted by atomic mass is 10.1. The molecule has 1 aromatic carbocycles. The van der Waals surface area contributed by atoms with Crippen molar-refractivity contribution in [2.45, 2.75) is 0 Å². The van der Waals surface area contributed by atoms with Gasteiger partial charge >= 0.3 is 0 Å². The van der Waals surface area contributed by atoms with Gasteiger partial charge in [-0.25, -0.2) is 13.2 Å². The number of carbonyl (C=O) groups excluding carboxylic acids is 1. The molecule has 0 saturated heterocycles. The van der Waals surface area contributed by atoms with Crippen molar-refractivity contribution in [3.05, 3.63) is 32.5 Å². The van der Waals surface area contributed by atoms with Crippen LogP contribution in [0.1, 0.15) is 10.4 Å². The predicted molar refractivity (Wildman–Crippen MR) is 52.4 cm³/mol. The van der Waals surface area contributed by atoms with E-state index in [1.54, 1.807) is 0 Å². The normalized spacial score (nSPS) is 10.5. The SMILES string of the molecule is NCC(=O)c1c(F)c(F)c(Cl)c(F)c1Br. The molecule has 0 aliphatic carbocycles. The van der Waals surface area contributed by atoms with Crippen LogP contribution in [0, 0.1) is 17.5 Å². The Balaban J connectivity index is 3.60. The van der Waals surface area contributed by atoms with Crippen molar-refractivity contribution in [1.29, 1.82) is 0 Å². The maximum Gasteiger partial charge on any atom is 0.181 e. The van der Waals surface area contributed by atoms with Crippen LogP contribution in [0.25, 0.3) is 0 Å². The van der Waals surface area contributed by atoms with Gasteiger partial charge < -0.3 is 5.73 Å². The molecule has 1 aromatic rings. The molecule has 0 atom stereocenters. The molecule has 0 unspecified atom stereocenters. The average molecular weight is 302 g/mol. The Morgan fingerprint density at radius 3 is 2.27 bits per heavy atom. The molecule has 0 spiro atoms. The van der Waals surface area contributed by atoms with Crippen LogP contribution in [-0.4, -0.2) is 12.3 Å². The second kappa shape index (κ2) is 4.51. The molecule has 0 fully saturated rings. The van der Waals surface area contributed by atoms with E-state index in [0.29, 0.717) is 0 Å². The fourth-order valence-electron chi connectivity index (χ4n) is 0.952. The average Bonchev–Trinajstić information content (AvgIpc) is 2.23. The Kier molecular flexibility index (Phi) is 3.75. The number of hydrogen-bond donors (Lipinski definition) is 1. The summed E-state index contributed by atoms with van der Waals surface area (Å²) < 4.78 is 38.8. The van der Waals surface area contributed by atoms with Gasteiger partial charge in [0, 0.05) is 0 Å². The predicted octanol–water partition coefficient (Wildman–Crippen LogP) is 2.66. The number of rotatable bonds is 2. The zero-order valence-corrected chi connectivity index (χ0v) is 9.42. The molecule has 0 bridgehead atoms. The Bertz CT molecular complexity index is 409. The second-order valence-electron chi connectivity index (χ2n) is 2.57. The molecule has 0 aliphatic rings. The summed E-state index contributed by atoms with van der Waals surface area (Å²) in [7, 11) is 0. The lowest BCUT2D eigenvalue weighted by Crippen LogP contribution is -2.17. The number of Topliss-reactive ketones (excluding diaryl/α,β-unsaturated/α-hetero) is 1. The van der Waals surface area contributed by atoms with Crippen LogP contribution in [0.2, 0.25) is 5.02 Å². The minimum Gasteiger partial charge on any atom is -0.324 e. The van der Waals surface area contributed by atoms with Crippen LogP contribution in [0.4, 0.5) is 13.2 Å². The van der Waals surface area contributed by atoms with E-state index in [9.17, 15) is 18.0 Å². The zero-order valence-electron chi connectivity index (χ0n) is 7.08. The first kappa shape index (κ1) is 12.5. The number of carbonyl (C=O) groups is 1. The van der Waals surface area contributed by atoms with E-state index in [1.807, 2.05) is 0 Å². The van der Waals surface area contributed by atoms with Crippen LogP contribution >= 0.6 is 27.5 Å². The summed E-state index contributed by atoms with van der Waals surface area (Å²) >= 11 is 7.76. The van der Waals surface area contributed by atoms with E-state index in [0.717, 1.165) is 0 Å². The van der Waals surface area contributed by atoms with Crippen molar-refractivity contribution in [3.8, 4) is 0 Å². The molecule has 82 valence electrons. The van der Waals surface area contributed by atoms with E-state index < -0.39 is 44.8 Å². The standard InChI is InChI=1S/C8H4BrClF3NO/c9-4-3(2(15)1-14)6(11)8(13)5(10)7(4)12/h1,14H2. The van der Waals surface area contributed by atoms with Gasteiger partial charge in [0.1, 0.15) is 5.02 Å². The molecule has 2 nitrogen and oxygen atoms in total. The fourth-order valence-corrected chi connectivity index (χ4v) is 1.84. The smallest absolute Gasteiger partial charge is 0.181 e. The largest absolute Gasteiger partial charge is 0.324 e. The third kappa shape index (κ3) is 2.02. The highest BCUT2D eigenvalue weighted by Gasteiger charge is 2.25. The van der Waals surface area contributed by atoms with Gasteiger partial charge in [-0.05, 0) is 15.9 Å². The first-order valence-electron chi connectivity index (χ1n) is 3.66. The van der Waals surface area contributed by atoms with Gasteiger partial charge in [0.15, 0.2) is 23.2 Å². The molecule has 1 rings (SSSR count). The summed E-state index contributed by atoms with van der Waals surface area (Å²) in [5, 5.41) is -1.01. The lowest BCUT2D eigenvalue weighted by Gasteiger charge is -2.07. The van der Waals surface area contributed by atoms with Gasteiger partial charge in [0.2, 0.25) is 0 Å². The van der Waals surface area contributed by atoms with Crippen LogP contribution < -0.4 is 5.73 Å². The molecular formula is C8H4BrClF3NO. The molecule has 2 N–H and O–H groups in total. The zero-order chi connectivity index (χ0) is 11.7. The molecule has 0 amide bonds. The summed E-state index contributed by atoms with van der Waals surface area (Å²) in [6.45, 7) is -0.559. The topological polar surface area (TPSA) is 43.1 Å². The molecule has 15 heavy (non-hydrogen) atoms. The van der Waals surface area contributed by atoms with Crippen LogP contribution in [0.5, 0.6) is 0 Å². The van der Waals surface area contributed by atoms with Gasteiger partial charge in [0.05, 0.1) is 16.6 Å². The van der Waals surface area contributed by atoms with Crippen LogP contribution in [0.3, 0.4) is 0 Å². The molecule has 7 heteroatoms. The number of benzene rings is 1. The quantitative estimate of drug-likeness (QED) is 0.518. The Morgan fingerprint density at radius 1 is 1.27 bits per heavy atom. The lowest BCUT2D eigenvalue weighted by molar-refractivity contribution is 0.0995. The van der Waals surface area contributed by atoms with Gasteiger partial charge in [-0.1, -0.05) is 11.6 Å². The van der Waals surface area contributed by atoms with Gasteiger partial charge in [0.25, 0.3) is 0 Å². The highest BCUT2D eigenvalue weighted by Crippen LogP contribution is 2.32. The Hall–Kier alpha value is -0.590. The summed E-state index contributed by atoms with van der Waals surface area (Å²) in [6.07, 6.45) is 0. The van der Waals surface area contributed by atoms with Crippen molar-refractivity contribution in [2.24, 2.45) is 5.73 Å². The third-order valence-corrected chi connectivity index (χ3v) is 2.75. The maximum atomic E-state index is 13.2. The number of nitrogens with two attached hydrogens (primary N) is 1. The van der Waals surface area contributed by atoms with Crippen molar-refractivity contribution >= 4 is 33.3 Å². The van der Waals surface area contributed by atoms with Crippen LogP contribution in [-0.2, 0) is 0 Å². The molecular weight excluding hydrogens is 298 g/mol. The molecule has 0 aliphatic heterocycles. The van der Waals surface area contributed by atoms with Gasteiger partial charge in [-0.2, -0.15) is 0 Å². The van der Waals surface area contributed by atoms with Crippen molar-refractivity contribution in [3.63, 3.8) is 0 Å². The van der Waals surface area contributed by atoms with Gasteiger partial charge in [-0.3, -0.25) is 4.79 Å². The second-order valence-corrected chi connectivity index (χ2v) is 3.74. The van der Waals surface area contributed by atoms with E-state index in [4.69, 9.17) is 17.3 Å². The van der Waals surface area contributed by atoms with Crippen molar-refractivity contribution in [2.75, 3.05) is 6.54 Å². The number of halogens is 5. The third-order valence-electron chi connectivity index (χ3n) is 1.67. The van der Waals surface area contributed by atoms with Crippen LogP contribution in [0.15, 0.2) is 4.47 Å². The van der Waals surface area contributed by atoms with Gasteiger partial charge in [-0.15, -0.1) is 0 Å². The molecule has 0 saturated carbocycles. The Labute approximate surface area is 96.3 Å². The maximum absolute atomic E-state index is 13.2. The summed E-state index contributed by atoms with van der Waals surface area (Å²) in [5.74, 6) is -5.26. The highest BCUT2D eigenvalue weighted by molar-refractivity contribution is 9.10. The summed E-state index contributed by atoms with van der Waals surface area (Å²) in [6, 6.07) is 0. The summed E-state index contributed by atoms with van der Waals surface area (Å²) in [5.41, 5.74) is 4.20.